The predicted molar refractivity (Wildman–Crippen MR) is 64.5 cm³/mol. The number of amides is 1. The number of carbonyl (C=O) groups is 1. The van der Waals surface area contributed by atoms with Crippen LogP contribution in [0.5, 0.6) is 0 Å². The van der Waals surface area contributed by atoms with Crippen LogP contribution in [0, 0.1) is 0 Å². The molecule has 1 amide bonds. The average Bonchev–Trinajstić information content (AvgIpc) is 2.64. The lowest BCUT2D eigenvalue weighted by atomic mass is 10.1. The van der Waals surface area contributed by atoms with Gasteiger partial charge in [0.15, 0.2) is 0 Å². The van der Waals surface area contributed by atoms with E-state index in [0.29, 0.717) is 11.6 Å². The molecule has 1 heterocycles. The zero-order valence-electron chi connectivity index (χ0n) is 9.44. The first-order chi connectivity index (χ1) is 7.65. The maximum absolute atomic E-state index is 11.0. The summed E-state index contributed by atoms with van der Waals surface area (Å²) in [4.78, 5) is 13.3. The first-order valence-electron chi connectivity index (χ1n) is 5.50. The Labute approximate surface area is 95.4 Å². The zero-order valence-corrected chi connectivity index (χ0v) is 9.44. The number of likely N-dealkylation sites (N-methyl/N-ethyl adjacent to an activating group) is 1. The van der Waals surface area contributed by atoms with Crippen molar-refractivity contribution in [1.29, 1.82) is 0 Å². The fraction of sp³-hybridized carbons (Fsp3) is 0.417. The first-order valence-corrected chi connectivity index (χ1v) is 5.50. The van der Waals surface area contributed by atoms with Crippen molar-refractivity contribution >= 4 is 11.6 Å². The van der Waals surface area contributed by atoms with Gasteiger partial charge in [-0.1, -0.05) is 6.07 Å². The SMILES string of the molecule is CN1CCC(Nc2cccc(C(N)=O)c2)C1. The Morgan fingerprint density at radius 3 is 3.00 bits per heavy atom. The summed E-state index contributed by atoms with van der Waals surface area (Å²) in [6.07, 6.45) is 1.14. The first kappa shape index (κ1) is 11.0. The van der Waals surface area contributed by atoms with E-state index in [9.17, 15) is 4.79 Å². The molecule has 0 aliphatic carbocycles. The molecule has 16 heavy (non-hydrogen) atoms. The zero-order chi connectivity index (χ0) is 11.5. The van der Waals surface area contributed by atoms with Gasteiger partial charge in [-0.25, -0.2) is 0 Å². The third-order valence-electron chi connectivity index (χ3n) is 2.91. The topological polar surface area (TPSA) is 58.4 Å². The molecule has 4 heteroatoms. The Bertz CT molecular complexity index is 392. The van der Waals surface area contributed by atoms with Gasteiger partial charge in [0.05, 0.1) is 0 Å². The molecule has 86 valence electrons. The van der Waals surface area contributed by atoms with Crippen molar-refractivity contribution in [3.8, 4) is 0 Å². The number of primary amides is 1. The molecule has 1 aliphatic heterocycles. The minimum Gasteiger partial charge on any atom is -0.381 e. The molecule has 3 N–H and O–H groups in total. The molecule has 1 atom stereocenters. The van der Waals surface area contributed by atoms with Crippen LogP contribution in [0.2, 0.25) is 0 Å². The molecule has 4 nitrogen and oxygen atoms in total. The van der Waals surface area contributed by atoms with Gasteiger partial charge >= 0.3 is 0 Å². The largest absolute Gasteiger partial charge is 0.381 e. The second-order valence-corrected chi connectivity index (χ2v) is 4.34. The smallest absolute Gasteiger partial charge is 0.248 e. The van der Waals surface area contributed by atoms with Crippen LogP contribution < -0.4 is 11.1 Å². The van der Waals surface area contributed by atoms with Crippen LogP contribution in [-0.4, -0.2) is 37.0 Å². The number of rotatable bonds is 3. The van der Waals surface area contributed by atoms with E-state index >= 15 is 0 Å². The van der Waals surface area contributed by atoms with Crippen LogP contribution in [0.15, 0.2) is 24.3 Å². The molecular formula is C12H17N3O. The van der Waals surface area contributed by atoms with Crippen LogP contribution in [0.25, 0.3) is 0 Å². The quantitative estimate of drug-likeness (QED) is 0.794. The van der Waals surface area contributed by atoms with Gasteiger partial charge in [-0.05, 0) is 38.2 Å². The summed E-state index contributed by atoms with van der Waals surface area (Å²) in [6, 6.07) is 7.81. The van der Waals surface area contributed by atoms with Gasteiger partial charge in [-0.3, -0.25) is 4.79 Å². The van der Waals surface area contributed by atoms with Crippen molar-refractivity contribution in [3.63, 3.8) is 0 Å². The summed E-state index contributed by atoms with van der Waals surface area (Å²) >= 11 is 0. The van der Waals surface area contributed by atoms with Crippen LogP contribution >= 0.6 is 0 Å². The third-order valence-corrected chi connectivity index (χ3v) is 2.91. The van der Waals surface area contributed by atoms with Gasteiger partial charge in [-0.15, -0.1) is 0 Å². The molecule has 0 saturated carbocycles. The lowest BCUT2D eigenvalue weighted by Crippen LogP contribution is -2.23. The maximum atomic E-state index is 11.0. The summed E-state index contributed by atoms with van der Waals surface area (Å²) in [6.45, 7) is 2.16. The van der Waals surface area contributed by atoms with Crippen molar-refractivity contribution in [2.24, 2.45) is 5.73 Å². The summed E-state index contributed by atoms with van der Waals surface area (Å²) in [5.74, 6) is -0.382. The highest BCUT2D eigenvalue weighted by Gasteiger charge is 2.18. The van der Waals surface area contributed by atoms with E-state index in [0.717, 1.165) is 25.2 Å². The van der Waals surface area contributed by atoms with Gasteiger partial charge in [-0.2, -0.15) is 0 Å². The number of likely N-dealkylation sites (tertiary alicyclic amines) is 1. The van der Waals surface area contributed by atoms with E-state index in [4.69, 9.17) is 5.73 Å². The summed E-state index contributed by atoms with van der Waals surface area (Å²) in [7, 11) is 2.11. The van der Waals surface area contributed by atoms with Crippen LogP contribution in [0.1, 0.15) is 16.8 Å². The van der Waals surface area contributed by atoms with Gasteiger partial charge in [0, 0.05) is 23.8 Å². The Morgan fingerprint density at radius 2 is 2.38 bits per heavy atom. The van der Waals surface area contributed by atoms with E-state index < -0.39 is 0 Å². The number of nitrogens with two attached hydrogens (primary N) is 1. The van der Waals surface area contributed by atoms with E-state index in [-0.39, 0.29) is 5.91 Å². The molecule has 0 aromatic heterocycles. The van der Waals surface area contributed by atoms with E-state index in [1.165, 1.54) is 0 Å². The number of nitrogens with zero attached hydrogens (tertiary/aromatic N) is 1. The Balaban J connectivity index is 2.04. The van der Waals surface area contributed by atoms with Crippen LogP contribution in [0.3, 0.4) is 0 Å². The number of hydrogen-bond donors (Lipinski definition) is 2. The molecule has 0 radical (unpaired) electrons. The van der Waals surface area contributed by atoms with Gasteiger partial charge in [0.1, 0.15) is 0 Å². The molecule has 0 bridgehead atoms. The fourth-order valence-corrected chi connectivity index (χ4v) is 2.05. The number of anilines is 1. The van der Waals surface area contributed by atoms with E-state index in [2.05, 4.69) is 17.3 Å². The molecule has 2 rings (SSSR count). The molecule has 1 aliphatic rings. The van der Waals surface area contributed by atoms with Crippen molar-refractivity contribution in [1.82, 2.24) is 4.90 Å². The number of hydrogen-bond acceptors (Lipinski definition) is 3. The minimum absolute atomic E-state index is 0.382. The van der Waals surface area contributed by atoms with Crippen LogP contribution in [-0.2, 0) is 0 Å². The second-order valence-electron chi connectivity index (χ2n) is 4.34. The number of benzene rings is 1. The summed E-state index contributed by atoms with van der Waals surface area (Å²) in [5.41, 5.74) is 6.76. The standard InChI is InChI=1S/C12H17N3O/c1-15-6-5-11(8-15)14-10-4-2-3-9(7-10)12(13)16/h2-4,7,11,14H,5-6,8H2,1H3,(H2,13,16). The average molecular weight is 219 g/mol. The lowest BCUT2D eigenvalue weighted by Gasteiger charge is -2.14. The number of carbonyl (C=O) groups excluding carboxylic acids is 1. The monoisotopic (exact) mass is 219 g/mol. The molecule has 1 aromatic rings. The van der Waals surface area contributed by atoms with E-state index in [1.807, 2.05) is 12.1 Å². The normalized spacial score (nSPS) is 20.9. The Morgan fingerprint density at radius 1 is 1.56 bits per heavy atom. The van der Waals surface area contributed by atoms with Crippen molar-refractivity contribution < 1.29 is 4.79 Å². The molecule has 1 unspecified atom stereocenters. The maximum Gasteiger partial charge on any atom is 0.248 e. The van der Waals surface area contributed by atoms with Crippen molar-refractivity contribution in [2.45, 2.75) is 12.5 Å². The highest BCUT2D eigenvalue weighted by atomic mass is 16.1. The highest BCUT2D eigenvalue weighted by molar-refractivity contribution is 5.93. The molecule has 1 saturated heterocycles. The van der Waals surface area contributed by atoms with Gasteiger partial charge in [0.2, 0.25) is 5.91 Å². The highest BCUT2D eigenvalue weighted by Crippen LogP contribution is 2.16. The van der Waals surface area contributed by atoms with Gasteiger partial charge in [0.25, 0.3) is 0 Å². The number of nitrogens with one attached hydrogen (secondary N) is 1. The fourth-order valence-electron chi connectivity index (χ4n) is 2.05. The molecular weight excluding hydrogens is 202 g/mol. The van der Waals surface area contributed by atoms with Crippen molar-refractivity contribution in [3.05, 3.63) is 29.8 Å². The van der Waals surface area contributed by atoms with E-state index in [1.54, 1.807) is 12.1 Å². The second kappa shape index (κ2) is 4.53. The third kappa shape index (κ3) is 2.52. The lowest BCUT2D eigenvalue weighted by molar-refractivity contribution is 0.100. The molecule has 1 fully saturated rings. The van der Waals surface area contributed by atoms with Crippen LogP contribution in [0.4, 0.5) is 5.69 Å². The minimum atomic E-state index is -0.382. The summed E-state index contributed by atoms with van der Waals surface area (Å²) in [5, 5.41) is 3.42. The van der Waals surface area contributed by atoms with Crippen molar-refractivity contribution in [2.75, 3.05) is 25.5 Å². The Kier molecular flexibility index (Phi) is 3.10. The Hall–Kier alpha value is -1.55. The summed E-state index contributed by atoms with van der Waals surface area (Å²) < 4.78 is 0. The molecule has 1 aromatic carbocycles. The van der Waals surface area contributed by atoms with Gasteiger partial charge < -0.3 is 16.0 Å². The predicted octanol–water partition coefficient (Wildman–Crippen LogP) is 0.902. The molecule has 0 spiro atoms.